The topological polar surface area (TPSA) is 69.6 Å². The highest BCUT2D eigenvalue weighted by atomic mass is 19.1. The highest BCUT2D eigenvalue weighted by Crippen LogP contribution is 2.18. The summed E-state index contributed by atoms with van der Waals surface area (Å²) in [6, 6.07) is 6.36. The van der Waals surface area contributed by atoms with Gasteiger partial charge in [0.15, 0.2) is 17.0 Å². The third-order valence-corrected chi connectivity index (χ3v) is 3.01. The molecule has 0 spiro atoms. The van der Waals surface area contributed by atoms with Crippen LogP contribution in [-0.2, 0) is 6.54 Å². The number of nitrogen functional groups attached to an aromatic ring is 1. The molecule has 0 saturated heterocycles. The molecule has 3 aromatic rings. The molecule has 2 N–H and O–H groups in total. The number of fused-ring (bicyclic) bond motifs is 1. The number of nitrogens with two attached hydrogens (primary N) is 1. The van der Waals surface area contributed by atoms with Crippen molar-refractivity contribution in [2.75, 3.05) is 5.73 Å². The molecular weight excluding hydrogens is 245 g/mol. The summed E-state index contributed by atoms with van der Waals surface area (Å²) >= 11 is 0. The van der Waals surface area contributed by atoms with E-state index in [1.165, 1.54) is 18.5 Å². The van der Waals surface area contributed by atoms with E-state index < -0.39 is 0 Å². The first-order valence-electron chi connectivity index (χ1n) is 5.83. The van der Waals surface area contributed by atoms with Gasteiger partial charge >= 0.3 is 0 Å². The Morgan fingerprint density at radius 2 is 1.95 bits per heavy atom. The molecule has 19 heavy (non-hydrogen) atoms. The van der Waals surface area contributed by atoms with Crippen molar-refractivity contribution in [3.63, 3.8) is 0 Å². The lowest BCUT2D eigenvalue weighted by Gasteiger charge is -2.06. The number of aromatic nitrogens is 4. The Morgan fingerprint density at radius 3 is 2.68 bits per heavy atom. The van der Waals surface area contributed by atoms with Crippen LogP contribution >= 0.6 is 0 Å². The fraction of sp³-hybridized carbons (Fsp3) is 0.154. The molecular formula is C13H12FN5. The monoisotopic (exact) mass is 257 g/mol. The largest absolute Gasteiger partial charge is 0.382 e. The molecule has 0 aliphatic carbocycles. The summed E-state index contributed by atoms with van der Waals surface area (Å²) in [5.74, 6) is 0.917. The smallest absolute Gasteiger partial charge is 0.165 e. The summed E-state index contributed by atoms with van der Waals surface area (Å²) in [6.07, 6.45) is 1.42. The van der Waals surface area contributed by atoms with Gasteiger partial charge in [-0.2, -0.15) is 0 Å². The Hall–Kier alpha value is -2.50. The van der Waals surface area contributed by atoms with Crippen molar-refractivity contribution in [2.24, 2.45) is 0 Å². The molecule has 6 heteroatoms. The Balaban J connectivity index is 2.07. The van der Waals surface area contributed by atoms with Gasteiger partial charge in [-0.05, 0) is 24.6 Å². The first-order valence-corrected chi connectivity index (χ1v) is 5.83. The van der Waals surface area contributed by atoms with Gasteiger partial charge in [-0.15, -0.1) is 0 Å². The van der Waals surface area contributed by atoms with E-state index in [9.17, 15) is 4.39 Å². The molecule has 96 valence electrons. The van der Waals surface area contributed by atoms with E-state index in [1.54, 1.807) is 12.1 Å². The van der Waals surface area contributed by atoms with Crippen molar-refractivity contribution in [1.82, 2.24) is 19.5 Å². The van der Waals surface area contributed by atoms with Gasteiger partial charge < -0.3 is 10.3 Å². The molecule has 0 aliphatic rings. The van der Waals surface area contributed by atoms with Crippen molar-refractivity contribution < 1.29 is 4.39 Å². The number of halogens is 1. The second-order valence-electron chi connectivity index (χ2n) is 4.30. The first kappa shape index (κ1) is 11.6. The van der Waals surface area contributed by atoms with Crippen LogP contribution in [0.4, 0.5) is 10.2 Å². The SMILES string of the molecule is Cc1nc2c(N)ncnc2n1Cc1ccc(F)cc1. The molecule has 0 aliphatic heterocycles. The van der Waals surface area contributed by atoms with Crippen molar-refractivity contribution >= 4 is 17.0 Å². The average molecular weight is 257 g/mol. The second-order valence-corrected chi connectivity index (χ2v) is 4.30. The van der Waals surface area contributed by atoms with E-state index in [0.717, 1.165) is 11.4 Å². The number of rotatable bonds is 2. The Bertz CT molecular complexity index is 733. The van der Waals surface area contributed by atoms with Crippen molar-refractivity contribution in [2.45, 2.75) is 13.5 Å². The maximum absolute atomic E-state index is 12.9. The highest BCUT2D eigenvalue weighted by Gasteiger charge is 2.11. The zero-order valence-electron chi connectivity index (χ0n) is 10.3. The molecule has 0 saturated carbocycles. The molecule has 2 aromatic heterocycles. The zero-order chi connectivity index (χ0) is 13.4. The van der Waals surface area contributed by atoms with E-state index >= 15 is 0 Å². The van der Waals surface area contributed by atoms with Gasteiger partial charge in [-0.3, -0.25) is 0 Å². The second kappa shape index (κ2) is 4.31. The summed E-state index contributed by atoms with van der Waals surface area (Å²) < 4.78 is 14.8. The third kappa shape index (κ3) is 2.01. The summed E-state index contributed by atoms with van der Waals surface area (Å²) in [6.45, 7) is 2.45. The van der Waals surface area contributed by atoms with Crippen LogP contribution in [-0.4, -0.2) is 19.5 Å². The lowest BCUT2D eigenvalue weighted by Crippen LogP contribution is -2.03. The Labute approximate surface area is 108 Å². The quantitative estimate of drug-likeness (QED) is 0.761. The molecule has 0 fully saturated rings. The van der Waals surface area contributed by atoms with E-state index in [1.807, 2.05) is 11.5 Å². The lowest BCUT2D eigenvalue weighted by molar-refractivity contribution is 0.626. The average Bonchev–Trinajstić information content (AvgIpc) is 2.71. The van der Waals surface area contributed by atoms with Gasteiger partial charge in [0.05, 0.1) is 6.54 Å². The van der Waals surface area contributed by atoms with Crippen LogP contribution in [0.1, 0.15) is 11.4 Å². The van der Waals surface area contributed by atoms with E-state index in [4.69, 9.17) is 5.73 Å². The summed E-state index contributed by atoms with van der Waals surface area (Å²) in [5.41, 5.74) is 8.04. The van der Waals surface area contributed by atoms with E-state index in [-0.39, 0.29) is 5.82 Å². The number of imidazole rings is 1. The molecule has 0 amide bonds. The van der Waals surface area contributed by atoms with Crippen LogP contribution in [0, 0.1) is 12.7 Å². The third-order valence-electron chi connectivity index (χ3n) is 3.01. The number of hydrogen-bond acceptors (Lipinski definition) is 4. The standard InChI is InChI=1S/C13H12FN5/c1-8-18-11-12(15)16-7-17-13(11)19(8)6-9-2-4-10(14)5-3-9/h2-5,7H,6H2,1H3,(H2,15,16,17). The van der Waals surface area contributed by atoms with E-state index in [2.05, 4.69) is 15.0 Å². The number of aryl methyl sites for hydroxylation is 1. The van der Waals surface area contributed by atoms with Crippen LogP contribution in [0.25, 0.3) is 11.2 Å². The summed E-state index contributed by atoms with van der Waals surface area (Å²) in [5, 5.41) is 0. The highest BCUT2D eigenvalue weighted by molar-refractivity contribution is 5.81. The van der Waals surface area contributed by atoms with Gasteiger partial charge in [0, 0.05) is 0 Å². The predicted molar refractivity (Wildman–Crippen MR) is 70.0 cm³/mol. The van der Waals surface area contributed by atoms with Crippen LogP contribution < -0.4 is 5.73 Å². The molecule has 0 unspecified atom stereocenters. The van der Waals surface area contributed by atoms with Crippen molar-refractivity contribution in [3.8, 4) is 0 Å². The summed E-state index contributed by atoms with van der Waals surface area (Å²) in [4.78, 5) is 12.5. The van der Waals surface area contributed by atoms with Crippen LogP contribution in [0.3, 0.4) is 0 Å². The Morgan fingerprint density at radius 1 is 1.21 bits per heavy atom. The minimum Gasteiger partial charge on any atom is -0.382 e. The lowest BCUT2D eigenvalue weighted by atomic mass is 10.2. The van der Waals surface area contributed by atoms with Gasteiger partial charge in [0.1, 0.15) is 18.0 Å². The maximum atomic E-state index is 12.9. The summed E-state index contributed by atoms with van der Waals surface area (Å²) in [7, 11) is 0. The maximum Gasteiger partial charge on any atom is 0.165 e. The predicted octanol–water partition coefficient (Wildman–Crippen LogP) is 1.90. The van der Waals surface area contributed by atoms with Crippen LogP contribution in [0.2, 0.25) is 0 Å². The molecule has 0 bridgehead atoms. The first-order chi connectivity index (χ1) is 9.15. The normalized spacial score (nSPS) is 11.1. The fourth-order valence-electron chi connectivity index (χ4n) is 2.02. The molecule has 5 nitrogen and oxygen atoms in total. The Kier molecular flexibility index (Phi) is 2.63. The molecule has 0 atom stereocenters. The molecule has 2 heterocycles. The number of anilines is 1. The number of hydrogen-bond donors (Lipinski definition) is 1. The molecule has 0 radical (unpaired) electrons. The van der Waals surface area contributed by atoms with Crippen molar-refractivity contribution in [1.29, 1.82) is 0 Å². The van der Waals surface area contributed by atoms with Gasteiger partial charge in [-0.25, -0.2) is 19.3 Å². The van der Waals surface area contributed by atoms with Crippen LogP contribution in [0.15, 0.2) is 30.6 Å². The minimum atomic E-state index is -0.248. The van der Waals surface area contributed by atoms with Gasteiger partial charge in [-0.1, -0.05) is 12.1 Å². The van der Waals surface area contributed by atoms with Crippen LogP contribution in [0.5, 0.6) is 0 Å². The fourth-order valence-corrected chi connectivity index (χ4v) is 2.02. The minimum absolute atomic E-state index is 0.248. The number of nitrogens with zero attached hydrogens (tertiary/aromatic N) is 4. The number of benzene rings is 1. The van der Waals surface area contributed by atoms with Crippen molar-refractivity contribution in [3.05, 3.63) is 47.8 Å². The molecule has 1 aromatic carbocycles. The van der Waals surface area contributed by atoms with Gasteiger partial charge in [0.2, 0.25) is 0 Å². The van der Waals surface area contributed by atoms with E-state index in [0.29, 0.717) is 23.5 Å². The van der Waals surface area contributed by atoms with Gasteiger partial charge in [0.25, 0.3) is 0 Å². The molecule has 3 rings (SSSR count). The zero-order valence-corrected chi connectivity index (χ0v) is 10.3.